The van der Waals surface area contributed by atoms with Crippen molar-refractivity contribution in [2.75, 3.05) is 19.8 Å². The Labute approximate surface area is 66.3 Å². The lowest BCUT2D eigenvalue weighted by Crippen LogP contribution is -2.36. The lowest BCUT2D eigenvalue weighted by Gasteiger charge is -2.05. The van der Waals surface area contributed by atoms with Gasteiger partial charge in [-0.25, -0.2) is 11.3 Å². The Morgan fingerprint density at radius 2 is 2.09 bits per heavy atom. The van der Waals surface area contributed by atoms with E-state index in [1.807, 2.05) is 6.92 Å². The topological polar surface area (TPSA) is 80.6 Å². The first-order chi connectivity index (χ1) is 5.41. The van der Waals surface area contributed by atoms with E-state index in [9.17, 15) is 0 Å². The zero-order chi connectivity index (χ0) is 8.36. The van der Waals surface area contributed by atoms with Crippen molar-refractivity contribution in [1.82, 2.24) is 16.6 Å². The average molecular weight is 164 g/mol. The van der Waals surface area contributed by atoms with E-state index in [0.29, 0.717) is 19.8 Å². The van der Waals surface area contributed by atoms with Crippen LogP contribution in [0.5, 0.6) is 0 Å². The molecule has 0 unspecified atom stereocenters. The number of hydrogen-bond acceptors (Lipinski definition) is 6. The molecule has 0 heterocycles. The molecular weight excluding hydrogens is 148 g/mol. The SMILES string of the molecule is CCCONNCCONN. The van der Waals surface area contributed by atoms with Crippen LogP contribution in [0.1, 0.15) is 13.3 Å². The van der Waals surface area contributed by atoms with Crippen LogP contribution in [0.25, 0.3) is 0 Å². The molecule has 0 rings (SSSR count). The first-order valence-electron chi connectivity index (χ1n) is 3.58. The van der Waals surface area contributed by atoms with Gasteiger partial charge >= 0.3 is 0 Å². The van der Waals surface area contributed by atoms with Gasteiger partial charge in [0.15, 0.2) is 0 Å². The van der Waals surface area contributed by atoms with E-state index in [4.69, 9.17) is 10.7 Å². The molecule has 0 fully saturated rings. The quantitative estimate of drug-likeness (QED) is 0.205. The van der Waals surface area contributed by atoms with Crippen LogP contribution in [0.15, 0.2) is 0 Å². The maximum atomic E-state index is 4.89. The molecule has 0 amide bonds. The number of nitrogens with one attached hydrogen (secondary N) is 3. The van der Waals surface area contributed by atoms with Crippen molar-refractivity contribution in [3.05, 3.63) is 0 Å². The van der Waals surface area contributed by atoms with Crippen LogP contribution in [0.3, 0.4) is 0 Å². The van der Waals surface area contributed by atoms with Gasteiger partial charge in [0.05, 0.1) is 13.2 Å². The number of hydrazine groups is 2. The normalized spacial score (nSPS) is 10.4. The summed E-state index contributed by atoms with van der Waals surface area (Å²) in [6, 6.07) is 0. The Hall–Kier alpha value is -0.240. The summed E-state index contributed by atoms with van der Waals surface area (Å²) in [6.45, 7) is 3.80. The zero-order valence-electron chi connectivity index (χ0n) is 6.72. The van der Waals surface area contributed by atoms with Gasteiger partial charge in [0, 0.05) is 6.54 Å². The molecule has 11 heavy (non-hydrogen) atoms. The molecule has 0 bridgehead atoms. The van der Waals surface area contributed by atoms with E-state index < -0.39 is 0 Å². The van der Waals surface area contributed by atoms with E-state index in [0.717, 1.165) is 6.42 Å². The van der Waals surface area contributed by atoms with E-state index >= 15 is 0 Å². The van der Waals surface area contributed by atoms with Crippen LogP contribution in [0, 0.1) is 0 Å². The highest BCUT2D eigenvalue weighted by molar-refractivity contribution is 4.30. The van der Waals surface area contributed by atoms with E-state index in [-0.39, 0.29) is 0 Å². The molecule has 0 saturated carbocycles. The predicted molar refractivity (Wildman–Crippen MR) is 40.7 cm³/mol. The molecule has 0 aliphatic carbocycles. The molecule has 0 saturated heterocycles. The second-order valence-corrected chi connectivity index (χ2v) is 1.84. The highest BCUT2D eigenvalue weighted by Gasteiger charge is 1.84. The highest BCUT2D eigenvalue weighted by atomic mass is 16.7. The standard InChI is InChI=1S/C5H16N4O2/c1-2-4-11-9-7-3-5-10-8-6/h7-9H,2-6H2,1H3. The van der Waals surface area contributed by atoms with Crippen LogP contribution in [0.2, 0.25) is 0 Å². The third-order valence-electron chi connectivity index (χ3n) is 0.863. The molecule has 0 aromatic carbocycles. The fourth-order valence-corrected chi connectivity index (χ4v) is 0.416. The Balaban J connectivity index is 2.69. The van der Waals surface area contributed by atoms with Gasteiger partial charge in [0.2, 0.25) is 0 Å². The molecule has 6 nitrogen and oxygen atoms in total. The summed E-state index contributed by atoms with van der Waals surface area (Å²) in [5, 5.41) is 0. The molecular formula is C5H16N4O2. The minimum Gasteiger partial charge on any atom is -0.287 e. The molecule has 0 aliphatic heterocycles. The second-order valence-electron chi connectivity index (χ2n) is 1.84. The van der Waals surface area contributed by atoms with Crippen LogP contribution in [0.4, 0.5) is 0 Å². The highest BCUT2D eigenvalue weighted by Crippen LogP contribution is 1.71. The van der Waals surface area contributed by atoms with Crippen LogP contribution in [-0.4, -0.2) is 19.8 Å². The number of rotatable bonds is 8. The summed E-state index contributed by atoms with van der Waals surface area (Å²) in [5.41, 5.74) is 7.37. The Kier molecular flexibility index (Phi) is 9.55. The third-order valence-corrected chi connectivity index (χ3v) is 0.863. The molecule has 0 spiro atoms. The van der Waals surface area contributed by atoms with Gasteiger partial charge in [-0.1, -0.05) is 6.92 Å². The Morgan fingerprint density at radius 1 is 1.27 bits per heavy atom. The predicted octanol–water partition coefficient (Wildman–Crippen LogP) is -1.18. The molecule has 6 heteroatoms. The minimum absolute atomic E-state index is 0.471. The van der Waals surface area contributed by atoms with E-state index in [2.05, 4.69) is 21.4 Å². The summed E-state index contributed by atoms with van der Waals surface area (Å²) in [6.07, 6.45) is 0.982. The van der Waals surface area contributed by atoms with Crippen LogP contribution in [-0.2, 0) is 9.68 Å². The van der Waals surface area contributed by atoms with Crippen LogP contribution >= 0.6 is 0 Å². The number of nitrogens with two attached hydrogens (primary N) is 1. The summed E-state index contributed by atoms with van der Waals surface area (Å²) >= 11 is 0. The van der Waals surface area contributed by atoms with Crippen LogP contribution < -0.4 is 22.4 Å². The van der Waals surface area contributed by atoms with Gasteiger partial charge in [0.1, 0.15) is 0 Å². The van der Waals surface area contributed by atoms with Gasteiger partial charge < -0.3 is 0 Å². The molecule has 5 N–H and O–H groups in total. The van der Waals surface area contributed by atoms with Gasteiger partial charge in [0.25, 0.3) is 0 Å². The third kappa shape index (κ3) is 9.76. The second kappa shape index (κ2) is 9.76. The van der Waals surface area contributed by atoms with Crippen molar-refractivity contribution in [3.8, 4) is 0 Å². The van der Waals surface area contributed by atoms with E-state index in [1.165, 1.54) is 0 Å². The lowest BCUT2D eigenvalue weighted by atomic mass is 10.5. The lowest BCUT2D eigenvalue weighted by molar-refractivity contribution is -0.00619. The van der Waals surface area contributed by atoms with Gasteiger partial charge in [-0.05, 0) is 6.42 Å². The van der Waals surface area contributed by atoms with Gasteiger partial charge in [-0.2, -0.15) is 0 Å². The maximum absolute atomic E-state index is 4.89. The molecule has 68 valence electrons. The smallest absolute Gasteiger partial charge is 0.0837 e. The fraction of sp³-hybridized carbons (Fsp3) is 1.00. The van der Waals surface area contributed by atoms with E-state index in [1.54, 1.807) is 0 Å². The Morgan fingerprint density at radius 3 is 2.73 bits per heavy atom. The minimum atomic E-state index is 0.471. The summed E-state index contributed by atoms with van der Waals surface area (Å²) in [4.78, 5) is 9.50. The monoisotopic (exact) mass is 164 g/mol. The maximum Gasteiger partial charge on any atom is 0.0837 e. The van der Waals surface area contributed by atoms with Gasteiger partial charge in [-0.15, -0.1) is 11.2 Å². The fourth-order valence-electron chi connectivity index (χ4n) is 0.416. The molecule has 0 radical (unpaired) electrons. The van der Waals surface area contributed by atoms with Crippen molar-refractivity contribution >= 4 is 0 Å². The number of hydrogen-bond donors (Lipinski definition) is 4. The zero-order valence-corrected chi connectivity index (χ0v) is 6.72. The summed E-state index contributed by atoms with van der Waals surface area (Å²) in [5.74, 6) is 4.84. The first kappa shape index (κ1) is 10.8. The van der Waals surface area contributed by atoms with Crippen molar-refractivity contribution in [3.63, 3.8) is 0 Å². The molecule has 0 aromatic heterocycles. The van der Waals surface area contributed by atoms with Crippen molar-refractivity contribution in [2.24, 2.45) is 5.84 Å². The summed E-state index contributed by atoms with van der Waals surface area (Å²) in [7, 11) is 0. The van der Waals surface area contributed by atoms with Gasteiger partial charge in [-0.3, -0.25) is 9.68 Å². The van der Waals surface area contributed by atoms with Crippen molar-refractivity contribution in [1.29, 1.82) is 0 Å². The summed E-state index contributed by atoms with van der Waals surface area (Å²) < 4.78 is 0. The largest absolute Gasteiger partial charge is 0.287 e. The van der Waals surface area contributed by atoms with Crippen molar-refractivity contribution in [2.45, 2.75) is 13.3 Å². The average Bonchev–Trinajstić information content (AvgIpc) is 2.03. The Bertz CT molecular complexity index is 65.5. The molecule has 0 aliphatic rings. The molecule has 0 aromatic rings. The van der Waals surface area contributed by atoms with Crippen molar-refractivity contribution < 1.29 is 9.68 Å². The first-order valence-corrected chi connectivity index (χ1v) is 3.58. The molecule has 0 atom stereocenters.